The molecule has 174 valence electrons. The summed E-state index contributed by atoms with van der Waals surface area (Å²) in [5, 5.41) is 11.1. The first-order chi connectivity index (χ1) is 15.4. The number of phenols is 1. The van der Waals surface area contributed by atoms with Gasteiger partial charge in [-0.3, -0.25) is 9.80 Å². The van der Waals surface area contributed by atoms with Crippen molar-refractivity contribution >= 4 is 0 Å². The molecule has 0 saturated carbocycles. The molecule has 0 amide bonds. The van der Waals surface area contributed by atoms with E-state index in [1.165, 1.54) is 16.7 Å². The molecule has 0 aliphatic carbocycles. The van der Waals surface area contributed by atoms with Crippen LogP contribution in [0.2, 0.25) is 0 Å². The lowest BCUT2D eigenvalue weighted by molar-refractivity contribution is 0.216. The van der Waals surface area contributed by atoms with Gasteiger partial charge >= 0.3 is 0 Å². The van der Waals surface area contributed by atoms with E-state index in [0.717, 1.165) is 44.3 Å². The molecule has 2 aliphatic heterocycles. The van der Waals surface area contributed by atoms with E-state index in [2.05, 4.69) is 49.9 Å². The summed E-state index contributed by atoms with van der Waals surface area (Å²) in [5.41, 5.74) is 4.80. The molecule has 0 saturated heterocycles. The van der Waals surface area contributed by atoms with Crippen molar-refractivity contribution in [3.8, 4) is 28.7 Å². The lowest BCUT2D eigenvalue weighted by Crippen LogP contribution is -2.32. The maximum absolute atomic E-state index is 11.1. The molecule has 6 nitrogen and oxygen atoms in total. The van der Waals surface area contributed by atoms with Crippen molar-refractivity contribution in [1.29, 1.82) is 0 Å². The Balaban J connectivity index is 1.87. The number of hydrogen-bond donors (Lipinski definition) is 1. The van der Waals surface area contributed by atoms with Gasteiger partial charge in [0.2, 0.25) is 5.75 Å². The van der Waals surface area contributed by atoms with Crippen LogP contribution < -0.4 is 14.2 Å². The third-order valence-electron chi connectivity index (χ3n) is 7.20. The van der Waals surface area contributed by atoms with Gasteiger partial charge in [-0.15, -0.1) is 0 Å². The predicted molar refractivity (Wildman–Crippen MR) is 126 cm³/mol. The van der Waals surface area contributed by atoms with E-state index in [1.807, 2.05) is 6.07 Å². The molecule has 0 bridgehead atoms. The number of nitrogens with zero attached hydrogens (tertiary/aromatic N) is 2. The Labute approximate surface area is 191 Å². The van der Waals surface area contributed by atoms with E-state index in [-0.39, 0.29) is 11.8 Å². The molecule has 0 unspecified atom stereocenters. The monoisotopic (exact) mass is 440 g/mol. The van der Waals surface area contributed by atoms with Gasteiger partial charge in [0.25, 0.3) is 0 Å². The molecule has 2 atom stereocenters. The molecule has 2 heterocycles. The third kappa shape index (κ3) is 3.80. The minimum atomic E-state index is 0.0453. The van der Waals surface area contributed by atoms with Crippen LogP contribution in [0.25, 0.3) is 0 Å². The maximum Gasteiger partial charge on any atom is 0.201 e. The van der Waals surface area contributed by atoms with Gasteiger partial charge in [-0.25, -0.2) is 0 Å². The van der Waals surface area contributed by atoms with Gasteiger partial charge in [0.1, 0.15) is 0 Å². The highest BCUT2D eigenvalue weighted by Gasteiger charge is 2.32. The molecule has 0 fully saturated rings. The van der Waals surface area contributed by atoms with Crippen LogP contribution in [-0.4, -0.2) is 56.3 Å². The number of rotatable bonds is 6. The van der Waals surface area contributed by atoms with Gasteiger partial charge in [-0.1, -0.05) is 13.8 Å². The van der Waals surface area contributed by atoms with E-state index in [9.17, 15) is 5.11 Å². The summed E-state index contributed by atoms with van der Waals surface area (Å²) in [6.45, 7) is 6.38. The summed E-state index contributed by atoms with van der Waals surface area (Å²) in [4.78, 5) is 4.72. The van der Waals surface area contributed by atoms with Crippen LogP contribution in [-0.2, 0) is 12.8 Å². The Bertz CT molecular complexity index is 991. The minimum Gasteiger partial charge on any atom is -0.502 e. The van der Waals surface area contributed by atoms with E-state index in [4.69, 9.17) is 14.2 Å². The quantitative estimate of drug-likeness (QED) is 0.676. The van der Waals surface area contributed by atoms with Gasteiger partial charge in [-0.2, -0.15) is 0 Å². The average molecular weight is 441 g/mol. The minimum absolute atomic E-state index is 0.0453. The fourth-order valence-corrected chi connectivity index (χ4v) is 5.42. The Morgan fingerprint density at radius 2 is 1.44 bits per heavy atom. The Morgan fingerprint density at radius 1 is 0.844 bits per heavy atom. The van der Waals surface area contributed by atoms with E-state index >= 15 is 0 Å². The SMILES string of the molecule is CC[C@@H]1c2cc(Oc3c(O)c(OC)cc4c3[C@@H](CC)N(C)CC4)c(OC)cc2CCN1C. The average Bonchev–Trinajstić information content (AvgIpc) is 2.80. The van der Waals surface area contributed by atoms with E-state index in [0.29, 0.717) is 29.0 Å². The summed E-state index contributed by atoms with van der Waals surface area (Å²) in [6.07, 6.45) is 3.83. The zero-order chi connectivity index (χ0) is 23.0. The van der Waals surface area contributed by atoms with Crippen molar-refractivity contribution in [3.63, 3.8) is 0 Å². The number of hydrogen-bond acceptors (Lipinski definition) is 6. The molecule has 0 aromatic heterocycles. The summed E-state index contributed by atoms with van der Waals surface area (Å²) < 4.78 is 17.8. The van der Waals surface area contributed by atoms with Crippen LogP contribution in [0.1, 0.15) is 61.0 Å². The second-order valence-electron chi connectivity index (χ2n) is 8.94. The second-order valence-corrected chi connectivity index (χ2v) is 8.94. The zero-order valence-corrected chi connectivity index (χ0v) is 20.2. The first-order valence-electron chi connectivity index (χ1n) is 11.6. The highest BCUT2D eigenvalue weighted by atomic mass is 16.5. The number of aromatic hydroxyl groups is 1. The Hall–Kier alpha value is -2.44. The third-order valence-corrected chi connectivity index (χ3v) is 7.20. The normalized spacial score (nSPS) is 21.1. The number of methoxy groups -OCH3 is 2. The molecule has 0 spiro atoms. The summed E-state index contributed by atoms with van der Waals surface area (Å²) in [7, 11) is 7.56. The maximum atomic E-state index is 11.1. The fourth-order valence-electron chi connectivity index (χ4n) is 5.42. The number of phenolic OH excluding ortho intramolecular Hbond substituents is 1. The standard InChI is InChI=1S/C26H36N2O4/c1-7-19-18-15-22(21(30-5)13-16(18)9-11-27(19)3)32-26-24-17(14-23(31-6)25(26)29)10-12-28(4)20(24)8-2/h13-15,19-20,29H,7-12H2,1-6H3/t19-,20-/m1/s1. The molecule has 1 N–H and O–H groups in total. The number of fused-ring (bicyclic) bond motifs is 2. The molecule has 32 heavy (non-hydrogen) atoms. The zero-order valence-electron chi connectivity index (χ0n) is 20.2. The van der Waals surface area contributed by atoms with Gasteiger partial charge in [0.05, 0.1) is 14.2 Å². The lowest BCUT2D eigenvalue weighted by Gasteiger charge is -2.36. The summed E-state index contributed by atoms with van der Waals surface area (Å²) >= 11 is 0. The highest BCUT2D eigenvalue weighted by molar-refractivity contribution is 5.62. The predicted octanol–water partition coefficient (Wildman–Crippen LogP) is 5.08. The Kier molecular flexibility index (Phi) is 6.54. The van der Waals surface area contributed by atoms with Gasteiger partial charge in [-0.05, 0) is 74.7 Å². The van der Waals surface area contributed by atoms with Crippen molar-refractivity contribution in [2.45, 2.75) is 51.6 Å². The lowest BCUT2D eigenvalue weighted by atomic mass is 9.89. The highest BCUT2D eigenvalue weighted by Crippen LogP contribution is 2.51. The van der Waals surface area contributed by atoms with Gasteiger partial charge in [0.15, 0.2) is 23.0 Å². The molecule has 2 aliphatic rings. The second kappa shape index (κ2) is 9.20. The molecule has 2 aromatic carbocycles. The molecule has 2 aromatic rings. The fraction of sp³-hybridized carbons (Fsp3) is 0.538. The first kappa shape index (κ1) is 22.7. The smallest absolute Gasteiger partial charge is 0.201 e. The molecule has 0 radical (unpaired) electrons. The first-order valence-corrected chi connectivity index (χ1v) is 11.6. The van der Waals surface area contributed by atoms with Crippen molar-refractivity contribution < 1.29 is 19.3 Å². The molecular formula is C26H36N2O4. The number of benzene rings is 2. The van der Waals surface area contributed by atoms with Crippen LogP contribution in [0.5, 0.6) is 28.7 Å². The molecular weight excluding hydrogens is 404 g/mol. The summed E-state index contributed by atoms with van der Waals surface area (Å²) in [5.74, 6) is 2.29. The van der Waals surface area contributed by atoms with Crippen LogP contribution in [0, 0.1) is 0 Å². The topological polar surface area (TPSA) is 54.4 Å². The van der Waals surface area contributed by atoms with Crippen molar-refractivity contribution in [2.24, 2.45) is 0 Å². The van der Waals surface area contributed by atoms with Gasteiger partial charge < -0.3 is 19.3 Å². The number of ether oxygens (including phenoxy) is 3. The van der Waals surface area contributed by atoms with E-state index in [1.54, 1.807) is 14.2 Å². The van der Waals surface area contributed by atoms with Crippen molar-refractivity contribution in [2.75, 3.05) is 41.4 Å². The Morgan fingerprint density at radius 3 is 2.06 bits per heavy atom. The van der Waals surface area contributed by atoms with Crippen LogP contribution in [0.3, 0.4) is 0 Å². The van der Waals surface area contributed by atoms with Crippen molar-refractivity contribution in [3.05, 3.63) is 40.5 Å². The largest absolute Gasteiger partial charge is 0.502 e. The molecule has 4 rings (SSSR count). The summed E-state index contributed by atoms with van der Waals surface area (Å²) in [6, 6.07) is 6.68. The van der Waals surface area contributed by atoms with Crippen molar-refractivity contribution in [1.82, 2.24) is 9.80 Å². The number of likely N-dealkylation sites (N-methyl/N-ethyl adjacent to an activating group) is 2. The van der Waals surface area contributed by atoms with Crippen LogP contribution >= 0.6 is 0 Å². The van der Waals surface area contributed by atoms with Crippen LogP contribution in [0.15, 0.2) is 18.2 Å². The molecule has 6 heteroatoms. The van der Waals surface area contributed by atoms with Crippen LogP contribution in [0.4, 0.5) is 0 Å². The van der Waals surface area contributed by atoms with E-state index < -0.39 is 0 Å². The van der Waals surface area contributed by atoms with Gasteiger partial charge in [0, 0.05) is 30.7 Å².